The number of carbonyl (C=O) groups excluding carboxylic acids is 1. The predicted octanol–water partition coefficient (Wildman–Crippen LogP) is 2.07. The summed E-state index contributed by atoms with van der Waals surface area (Å²) < 4.78 is 10.3. The number of hydrogen-bond donors (Lipinski definition) is 4. The number of nitrogens with zero attached hydrogens (tertiary/aromatic N) is 3. The van der Waals surface area contributed by atoms with Gasteiger partial charge < -0.3 is 30.7 Å². The van der Waals surface area contributed by atoms with Crippen molar-refractivity contribution in [3.63, 3.8) is 0 Å². The Morgan fingerprint density at radius 3 is 2.97 bits per heavy atom. The number of nitrogens with one attached hydrogen (secondary N) is 4. The molecule has 0 spiro atoms. The summed E-state index contributed by atoms with van der Waals surface area (Å²) >= 11 is 0. The Morgan fingerprint density at radius 1 is 1.26 bits per heavy atom. The molecule has 0 aliphatic carbocycles. The lowest BCUT2D eigenvalue weighted by Crippen LogP contribution is -2.40. The summed E-state index contributed by atoms with van der Waals surface area (Å²) in [6.07, 6.45) is 7.60. The largest absolute Gasteiger partial charge is 0.481 e. The van der Waals surface area contributed by atoms with Crippen molar-refractivity contribution in [2.45, 2.75) is 38.1 Å². The summed E-state index contributed by atoms with van der Waals surface area (Å²) in [6, 6.07) is 3.53. The van der Waals surface area contributed by atoms with Gasteiger partial charge in [-0.25, -0.2) is 9.97 Å². The molecule has 1 aliphatic rings. The van der Waals surface area contributed by atoms with Gasteiger partial charge in [-0.05, 0) is 38.3 Å². The lowest BCUT2D eigenvalue weighted by atomic mass is 10.2. The smallest absolute Gasteiger partial charge is 0.237 e. The third-order valence-corrected chi connectivity index (χ3v) is 5.18. The molecule has 1 fully saturated rings. The van der Waals surface area contributed by atoms with Crippen LogP contribution in [0.25, 0.3) is 0 Å². The van der Waals surface area contributed by atoms with Gasteiger partial charge in [-0.2, -0.15) is 4.98 Å². The lowest BCUT2D eigenvalue weighted by molar-refractivity contribution is -0.122. The van der Waals surface area contributed by atoms with Crippen molar-refractivity contribution in [3.05, 3.63) is 30.1 Å². The van der Waals surface area contributed by atoms with E-state index in [1.807, 2.05) is 6.07 Å². The number of amides is 1. The maximum Gasteiger partial charge on any atom is 0.237 e. The maximum absolute atomic E-state index is 12.0. The van der Waals surface area contributed by atoms with E-state index in [2.05, 4.69) is 48.1 Å². The van der Waals surface area contributed by atoms with E-state index in [1.54, 1.807) is 32.7 Å². The number of ether oxygens (including phenoxy) is 2. The fraction of sp³-hybridized carbons (Fsp3) is 0.500. The molecular weight excluding hydrogens is 434 g/mol. The van der Waals surface area contributed by atoms with Crippen molar-refractivity contribution in [2.75, 3.05) is 51.1 Å². The van der Waals surface area contributed by atoms with Gasteiger partial charge in [0.1, 0.15) is 5.82 Å². The molecule has 0 radical (unpaired) electrons. The zero-order valence-electron chi connectivity index (χ0n) is 19.8. The highest BCUT2D eigenvalue weighted by molar-refractivity contribution is 5.81. The first-order valence-corrected chi connectivity index (χ1v) is 11.6. The van der Waals surface area contributed by atoms with Crippen molar-refractivity contribution in [1.82, 2.24) is 25.6 Å². The minimum Gasteiger partial charge on any atom is -0.481 e. The number of carbonyl (C=O) groups is 1. The Bertz CT molecular complexity index is 984. The first-order chi connectivity index (χ1) is 16.7. The molecular formula is C24H33N7O3. The number of hydrogen-bond acceptors (Lipinski definition) is 9. The highest BCUT2D eigenvalue weighted by atomic mass is 16.5. The zero-order valence-corrected chi connectivity index (χ0v) is 19.8. The maximum atomic E-state index is 12.0. The van der Waals surface area contributed by atoms with Crippen LogP contribution in [0.4, 0.5) is 17.5 Å². The topological polar surface area (TPSA) is 122 Å². The Labute approximate surface area is 200 Å². The molecule has 1 saturated heterocycles. The predicted molar refractivity (Wildman–Crippen MR) is 131 cm³/mol. The quantitative estimate of drug-likeness (QED) is 0.274. The van der Waals surface area contributed by atoms with E-state index >= 15 is 0 Å². The summed E-state index contributed by atoms with van der Waals surface area (Å²) in [5.41, 5.74) is 1.49. The summed E-state index contributed by atoms with van der Waals surface area (Å²) in [6.45, 7) is 2.88. The van der Waals surface area contributed by atoms with Crippen molar-refractivity contribution in [2.24, 2.45) is 0 Å². The second-order valence-electron chi connectivity index (χ2n) is 7.79. The summed E-state index contributed by atoms with van der Waals surface area (Å²) in [4.78, 5) is 25.1. The molecule has 34 heavy (non-hydrogen) atoms. The minimum atomic E-state index is -0.0460. The van der Waals surface area contributed by atoms with Gasteiger partial charge in [0, 0.05) is 51.2 Å². The van der Waals surface area contributed by atoms with Crippen LogP contribution in [0.1, 0.15) is 37.7 Å². The highest BCUT2D eigenvalue weighted by Gasteiger charge is 2.20. The minimum absolute atomic E-state index is 0.0460. The number of aromatic nitrogens is 3. The normalized spacial score (nSPS) is 14.7. The first-order valence-electron chi connectivity index (χ1n) is 11.6. The number of pyridine rings is 1. The summed E-state index contributed by atoms with van der Waals surface area (Å²) in [5.74, 6) is 8.00. The number of anilines is 3. The first kappa shape index (κ1) is 25.2. The average molecular weight is 468 g/mol. The molecule has 1 aliphatic heterocycles. The molecule has 2 aromatic heterocycles. The molecule has 3 rings (SSSR count). The van der Waals surface area contributed by atoms with Gasteiger partial charge in [0.05, 0.1) is 24.9 Å². The Kier molecular flexibility index (Phi) is 10.4. The van der Waals surface area contributed by atoms with E-state index in [4.69, 9.17) is 9.47 Å². The molecule has 10 heteroatoms. The van der Waals surface area contributed by atoms with Gasteiger partial charge in [-0.15, -0.1) is 0 Å². The molecule has 0 saturated carbocycles. The van der Waals surface area contributed by atoms with Gasteiger partial charge in [-0.3, -0.25) is 4.79 Å². The van der Waals surface area contributed by atoms with E-state index in [9.17, 15) is 4.79 Å². The van der Waals surface area contributed by atoms with E-state index < -0.39 is 0 Å². The molecule has 1 amide bonds. The van der Waals surface area contributed by atoms with E-state index in [0.29, 0.717) is 43.8 Å². The summed E-state index contributed by atoms with van der Waals surface area (Å²) in [7, 11) is 3.25. The van der Waals surface area contributed by atoms with Gasteiger partial charge in [0.15, 0.2) is 0 Å². The second-order valence-corrected chi connectivity index (χ2v) is 7.79. The van der Waals surface area contributed by atoms with Crippen LogP contribution < -0.4 is 26.0 Å². The van der Waals surface area contributed by atoms with E-state index in [-0.39, 0.29) is 11.9 Å². The SMILES string of the molecule is COCCCNc1nc(Nc2ccnc(OC)c2)ncc1C#CCCCNC(=O)[C@@H]1CCCN1. The molecule has 3 heterocycles. The Hall–Kier alpha value is -3.42. The van der Waals surface area contributed by atoms with Crippen LogP contribution in [-0.4, -0.2) is 67.4 Å². The molecule has 182 valence electrons. The fourth-order valence-electron chi connectivity index (χ4n) is 3.40. The van der Waals surface area contributed by atoms with E-state index in [0.717, 1.165) is 43.5 Å². The molecule has 0 unspecified atom stereocenters. The Balaban J connectivity index is 1.57. The van der Waals surface area contributed by atoms with Crippen LogP contribution in [0.3, 0.4) is 0 Å². The van der Waals surface area contributed by atoms with Crippen LogP contribution >= 0.6 is 0 Å². The van der Waals surface area contributed by atoms with Crippen molar-refractivity contribution in [1.29, 1.82) is 0 Å². The molecule has 1 atom stereocenters. The standard InChI is InChI=1S/C24H33N7O3/c1-33-15-7-13-27-22-18(8-4-3-5-11-28-23(32)20-9-6-12-25-20)17-29-24(31-22)30-19-10-14-26-21(16-19)34-2/h10,14,16-17,20,25H,3,5-7,9,11-13,15H2,1-2H3,(H,28,32)(H2,26,27,29,30,31)/t20-/m0/s1. The molecule has 10 nitrogen and oxygen atoms in total. The van der Waals surface area contributed by atoms with Crippen molar-refractivity contribution < 1.29 is 14.3 Å². The summed E-state index contributed by atoms with van der Waals surface area (Å²) in [5, 5.41) is 12.7. The monoisotopic (exact) mass is 467 g/mol. The van der Waals surface area contributed by atoms with E-state index in [1.165, 1.54) is 0 Å². The number of rotatable bonds is 12. The lowest BCUT2D eigenvalue weighted by Gasteiger charge is -2.11. The van der Waals surface area contributed by atoms with Crippen molar-refractivity contribution >= 4 is 23.4 Å². The number of methoxy groups -OCH3 is 2. The molecule has 4 N–H and O–H groups in total. The van der Waals surface area contributed by atoms with Crippen molar-refractivity contribution in [3.8, 4) is 17.7 Å². The van der Waals surface area contributed by atoms with Crippen LogP contribution in [0.15, 0.2) is 24.5 Å². The van der Waals surface area contributed by atoms with Crippen LogP contribution in [0.2, 0.25) is 0 Å². The highest BCUT2D eigenvalue weighted by Crippen LogP contribution is 2.19. The second kappa shape index (κ2) is 14.0. The molecule has 0 bridgehead atoms. The van der Waals surface area contributed by atoms with Crippen LogP contribution in [0.5, 0.6) is 5.88 Å². The van der Waals surface area contributed by atoms with Crippen LogP contribution in [0, 0.1) is 11.8 Å². The molecule has 0 aromatic carbocycles. The van der Waals surface area contributed by atoms with Gasteiger partial charge in [-0.1, -0.05) is 11.8 Å². The van der Waals surface area contributed by atoms with Gasteiger partial charge >= 0.3 is 0 Å². The third-order valence-electron chi connectivity index (χ3n) is 5.18. The zero-order chi connectivity index (χ0) is 24.0. The molecule has 2 aromatic rings. The van der Waals surface area contributed by atoms with Crippen LogP contribution in [-0.2, 0) is 9.53 Å². The fourth-order valence-corrected chi connectivity index (χ4v) is 3.40. The Morgan fingerprint density at radius 2 is 2.18 bits per heavy atom. The average Bonchev–Trinajstić information content (AvgIpc) is 3.40. The van der Waals surface area contributed by atoms with Gasteiger partial charge in [0.2, 0.25) is 17.7 Å². The number of unbranched alkanes of at least 4 members (excludes halogenated alkanes) is 1. The van der Waals surface area contributed by atoms with Gasteiger partial charge in [0.25, 0.3) is 0 Å². The third kappa shape index (κ3) is 8.17.